The van der Waals surface area contributed by atoms with Gasteiger partial charge in [0.05, 0.1) is 0 Å². The fourth-order valence-electron chi connectivity index (χ4n) is 1.96. The highest BCUT2D eigenvalue weighted by molar-refractivity contribution is 7.09. The van der Waals surface area contributed by atoms with E-state index in [9.17, 15) is 0 Å². The second-order valence-electron chi connectivity index (χ2n) is 4.50. The monoisotopic (exact) mass is 280 g/mol. The lowest BCUT2D eigenvalue weighted by Crippen LogP contribution is -1.97. The molecule has 0 unspecified atom stereocenters. The number of para-hydroxylation sites is 1. The molecule has 1 aromatic heterocycles. The minimum absolute atomic E-state index is 0.878. The Hall–Kier alpha value is -2.26. The van der Waals surface area contributed by atoms with Crippen molar-refractivity contribution in [2.24, 2.45) is 0 Å². The van der Waals surface area contributed by atoms with Crippen molar-refractivity contribution in [2.75, 3.05) is 10.6 Å². The lowest BCUT2D eigenvalue weighted by Gasteiger charge is -2.08. The Kier molecular flexibility index (Phi) is 3.99. The molecule has 0 aliphatic carbocycles. The molecular formula is C17H16N2S. The largest absolute Gasteiger partial charge is 0.380 e. The van der Waals surface area contributed by atoms with Crippen molar-refractivity contribution in [3.8, 4) is 0 Å². The molecule has 3 heteroatoms. The highest BCUT2D eigenvalue weighted by Gasteiger charge is 1.97. The van der Waals surface area contributed by atoms with E-state index >= 15 is 0 Å². The minimum atomic E-state index is 0.878. The molecule has 0 spiro atoms. The average Bonchev–Trinajstić information content (AvgIpc) is 3.01. The van der Waals surface area contributed by atoms with Gasteiger partial charge in [0.1, 0.15) is 0 Å². The molecule has 0 saturated carbocycles. The molecule has 2 nitrogen and oxygen atoms in total. The van der Waals surface area contributed by atoms with Crippen LogP contribution in [0.15, 0.2) is 72.1 Å². The number of benzene rings is 2. The Morgan fingerprint density at radius 2 is 1.40 bits per heavy atom. The summed E-state index contributed by atoms with van der Waals surface area (Å²) < 4.78 is 0. The first kappa shape index (κ1) is 12.8. The summed E-state index contributed by atoms with van der Waals surface area (Å²) in [7, 11) is 0. The van der Waals surface area contributed by atoms with Crippen LogP contribution in [-0.4, -0.2) is 0 Å². The van der Waals surface area contributed by atoms with E-state index in [2.05, 4.69) is 64.5 Å². The smallest absolute Gasteiger partial charge is 0.0494 e. The van der Waals surface area contributed by atoms with E-state index in [0.717, 1.165) is 23.6 Å². The maximum absolute atomic E-state index is 3.42. The zero-order valence-corrected chi connectivity index (χ0v) is 11.9. The first-order valence-electron chi connectivity index (χ1n) is 6.58. The predicted molar refractivity (Wildman–Crippen MR) is 87.8 cm³/mol. The Morgan fingerprint density at radius 1 is 0.700 bits per heavy atom. The second kappa shape index (κ2) is 6.26. The van der Waals surface area contributed by atoms with Gasteiger partial charge in [0.15, 0.2) is 0 Å². The zero-order valence-electron chi connectivity index (χ0n) is 11.0. The van der Waals surface area contributed by atoms with Crippen LogP contribution in [0.1, 0.15) is 4.88 Å². The summed E-state index contributed by atoms with van der Waals surface area (Å²) in [5, 5.41) is 8.90. The van der Waals surface area contributed by atoms with E-state index in [1.807, 2.05) is 18.2 Å². The second-order valence-corrected chi connectivity index (χ2v) is 5.53. The van der Waals surface area contributed by atoms with Crippen LogP contribution in [0.3, 0.4) is 0 Å². The van der Waals surface area contributed by atoms with E-state index < -0.39 is 0 Å². The van der Waals surface area contributed by atoms with Gasteiger partial charge in [0, 0.05) is 28.5 Å². The standard InChI is InChI=1S/C17H16N2S/c1-2-5-15(6-3-1)19-16-10-8-14(9-11-16)18-13-17-7-4-12-20-17/h1-12,18-19H,13H2. The molecule has 1 heterocycles. The van der Waals surface area contributed by atoms with E-state index in [4.69, 9.17) is 0 Å². The fraction of sp³-hybridized carbons (Fsp3) is 0.0588. The molecule has 0 aliphatic heterocycles. The third-order valence-corrected chi connectivity index (χ3v) is 3.87. The molecule has 2 N–H and O–H groups in total. The lowest BCUT2D eigenvalue weighted by atomic mass is 10.2. The Balaban J connectivity index is 1.60. The normalized spacial score (nSPS) is 10.2. The van der Waals surface area contributed by atoms with Crippen LogP contribution in [-0.2, 0) is 6.54 Å². The zero-order chi connectivity index (χ0) is 13.6. The molecule has 0 atom stereocenters. The van der Waals surface area contributed by atoms with Crippen LogP contribution in [0.5, 0.6) is 0 Å². The molecule has 0 aliphatic rings. The topological polar surface area (TPSA) is 24.1 Å². The molecule has 2 aromatic carbocycles. The number of nitrogens with one attached hydrogen (secondary N) is 2. The van der Waals surface area contributed by atoms with E-state index in [-0.39, 0.29) is 0 Å². The van der Waals surface area contributed by atoms with Crippen molar-refractivity contribution in [3.63, 3.8) is 0 Å². The van der Waals surface area contributed by atoms with E-state index in [0.29, 0.717) is 0 Å². The van der Waals surface area contributed by atoms with Gasteiger partial charge in [0.25, 0.3) is 0 Å². The molecule has 0 radical (unpaired) electrons. The number of thiophene rings is 1. The van der Waals surface area contributed by atoms with E-state index in [1.54, 1.807) is 11.3 Å². The number of rotatable bonds is 5. The number of anilines is 3. The van der Waals surface area contributed by atoms with Crippen molar-refractivity contribution in [3.05, 3.63) is 77.0 Å². The summed E-state index contributed by atoms with van der Waals surface area (Å²) in [6.07, 6.45) is 0. The highest BCUT2D eigenvalue weighted by Crippen LogP contribution is 2.19. The van der Waals surface area contributed by atoms with Crippen LogP contribution < -0.4 is 10.6 Å². The summed E-state index contributed by atoms with van der Waals surface area (Å²) in [5.41, 5.74) is 3.33. The van der Waals surface area contributed by atoms with Gasteiger partial charge >= 0.3 is 0 Å². The van der Waals surface area contributed by atoms with E-state index in [1.165, 1.54) is 4.88 Å². The molecule has 0 fully saturated rings. The molecule has 0 saturated heterocycles. The van der Waals surface area contributed by atoms with Crippen molar-refractivity contribution in [1.29, 1.82) is 0 Å². The first-order valence-corrected chi connectivity index (χ1v) is 7.46. The quantitative estimate of drug-likeness (QED) is 0.679. The fourth-order valence-corrected chi connectivity index (χ4v) is 2.61. The van der Waals surface area contributed by atoms with Gasteiger partial charge in [-0.1, -0.05) is 24.3 Å². The summed E-state index contributed by atoms with van der Waals surface area (Å²) in [5.74, 6) is 0. The predicted octanol–water partition coefficient (Wildman–Crippen LogP) is 5.10. The van der Waals surface area contributed by atoms with Gasteiger partial charge in [-0.2, -0.15) is 0 Å². The summed E-state index contributed by atoms with van der Waals surface area (Å²) >= 11 is 1.77. The van der Waals surface area contributed by atoms with Gasteiger partial charge in [-0.25, -0.2) is 0 Å². The third-order valence-electron chi connectivity index (χ3n) is 2.99. The third kappa shape index (κ3) is 3.39. The average molecular weight is 280 g/mol. The summed E-state index contributed by atoms with van der Waals surface area (Å²) in [4.78, 5) is 1.34. The molecule has 0 bridgehead atoms. The lowest BCUT2D eigenvalue weighted by molar-refractivity contribution is 1.19. The van der Waals surface area contributed by atoms with Gasteiger partial charge in [-0.15, -0.1) is 11.3 Å². The van der Waals surface area contributed by atoms with Crippen molar-refractivity contribution < 1.29 is 0 Å². The van der Waals surface area contributed by atoms with Crippen LogP contribution >= 0.6 is 11.3 Å². The Labute approximate surface area is 123 Å². The SMILES string of the molecule is c1ccc(Nc2ccc(NCc3cccs3)cc2)cc1. The van der Waals surface area contributed by atoms with Gasteiger partial charge in [0.2, 0.25) is 0 Å². The molecule has 3 aromatic rings. The van der Waals surface area contributed by atoms with Crippen LogP contribution in [0.25, 0.3) is 0 Å². The number of hydrogen-bond donors (Lipinski definition) is 2. The summed E-state index contributed by atoms with van der Waals surface area (Å²) in [6, 6.07) is 22.8. The molecule has 20 heavy (non-hydrogen) atoms. The molecule has 100 valence electrons. The minimum Gasteiger partial charge on any atom is -0.380 e. The Morgan fingerprint density at radius 3 is 2.10 bits per heavy atom. The molecule has 0 amide bonds. The molecular weight excluding hydrogens is 264 g/mol. The summed E-state index contributed by atoms with van der Waals surface area (Å²) in [6.45, 7) is 0.878. The van der Waals surface area contributed by atoms with Crippen LogP contribution in [0.2, 0.25) is 0 Å². The van der Waals surface area contributed by atoms with Crippen molar-refractivity contribution in [1.82, 2.24) is 0 Å². The number of hydrogen-bond acceptors (Lipinski definition) is 3. The molecule has 3 rings (SSSR count). The van der Waals surface area contributed by atoms with Crippen molar-refractivity contribution >= 4 is 28.4 Å². The van der Waals surface area contributed by atoms with Crippen LogP contribution in [0, 0.1) is 0 Å². The maximum Gasteiger partial charge on any atom is 0.0494 e. The van der Waals surface area contributed by atoms with Gasteiger partial charge in [-0.3, -0.25) is 0 Å². The Bertz CT molecular complexity index is 631. The van der Waals surface area contributed by atoms with Gasteiger partial charge < -0.3 is 10.6 Å². The van der Waals surface area contributed by atoms with Crippen LogP contribution in [0.4, 0.5) is 17.1 Å². The van der Waals surface area contributed by atoms with Crippen molar-refractivity contribution in [2.45, 2.75) is 6.54 Å². The highest BCUT2D eigenvalue weighted by atomic mass is 32.1. The van der Waals surface area contributed by atoms with Gasteiger partial charge in [-0.05, 0) is 47.8 Å². The first-order chi connectivity index (χ1) is 9.90. The maximum atomic E-state index is 3.42.